The molecule has 1 atom stereocenters. The number of rotatable bonds is 6. The molecule has 2 rings (SSSR count). The number of carboxylic acids is 1. The van der Waals surface area contributed by atoms with Gasteiger partial charge in [0.1, 0.15) is 0 Å². The van der Waals surface area contributed by atoms with E-state index in [4.69, 9.17) is 9.63 Å². The molecule has 118 valence electrons. The molecule has 1 aliphatic rings. The molecule has 2 N–H and O–H groups in total. The molecule has 0 spiro atoms. The molecule has 0 radical (unpaired) electrons. The first-order valence-electron chi connectivity index (χ1n) is 6.65. The van der Waals surface area contributed by atoms with Crippen LogP contribution in [0.1, 0.15) is 24.6 Å². The Morgan fingerprint density at radius 1 is 1.57 bits per heavy atom. The third kappa shape index (κ3) is 4.22. The van der Waals surface area contributed by atoms with E-state index in [0.29, 0.717) is 31.1 Å². The van der Waals surface area contributed by atoms with Crippen molar-refractivity contribution in [2.75, 3.05) is 19.6 Å². The van der Waals surface area contributed by atoms with Crippen molar-refractivity contribution in [2.24, 2.45) is 5.92 Å². The fourth-order valence-electron chi connectivity index (χ4n) is 2.18. The van der Waals surface area contributed by atoms with Gasteiger partial charge in [-0.2, -0.15) is 17.7 Å². The smallest absolute Gasteiger partial charge is 0.307 e. The van der Waals surface area contributed by atoms with E-state index in [0.717, 1.165) is 0 Å². The summed E-state index contributed by atoms with van der Waals surface area (Å²) in [5, 5.41) is 12.6. The summed E-state index contributed by atoms with van der Waals surface area (Å²) < 4.78 is 32.7. The molecule has 2 heterocycles. The fraction of sp³-hybridized carbons (Fsp3) is 0.727. The van der Waals surface area contributed by atoms with E-state index in [2.05, 4.69) is 14.9 Å². The molecule has 1 aromatic rings. The van der Waals surface area contributed by atoms with Gasteiger partial charge in [-0.25, -0.2) is 4.72 Å². The average Bonchev–Trinajstić information content (AvgIpc) is 2.84. The van der Waals surface area contributed by atoms with Gasteiger partial charge in [0, 0.05) is 26.1 Å². The second-order valence-corrected chi connectivity index (χ2v) is 6.68. The van der Waals surface area contributed by atoms with Gasteiger partial charge in [-0.1, -0.05) is 5.16 Å². The highest BCUT2D eigenvalue weighted by molar-refractivity contribution is 7.87. The van der Waals surface area contributed by atoms with Gasteiger partial charge in [0.25, 0.3) is 10.2 Å². The van der Waals surface area contributed by atoms with E-state index < -0.39 is 22.1 Å². The highest BCUT2D eigenvalue weighted by Crippen LogP contribution is 2.18. The lowest BCUT2D eigenvalue weighted by atomic mass is 10.0. The number of piperidine rings is 1. The Morgan fingerprint density at radius 3 is 2.95 bits per heavy atom. The van der Waals surface area contributed by atoms with Crippen molar-refractivity contribution in [3.63, 3.8) is 0 Å². The summed E-state index contributed by atoms with van der Waals surface area (Å²) in [5.74, 6) is -0.754. The molecular weight excluding hydrogens is 300 g/mol. The first-order valence-corrected chi connectivity index (χ1v) is 8.09. The standard InChI is InChI=1S/C11H18N4O5S/c1-8-13-10(20-14-8)4-5-12-21(18,19)15-6-2-3-9(7-15)11(16)17/h9,12H,2-7H2,1H3,(H,16,17). The Morgan fingerprint density at radius 2 is 2.33 bits per heavy atom. The number of nitrogens with zero attached hydrogens (tertiary/aromatic N) is 3. The summed E-state index contributed by atoms with van der Waals surface area (Å²) in [6, 6.07) is 0. The van der Waals surface area contributed by atoms with Crippen molar-refractivity contribution in [3.05, 3.63) is 11.7 Å². The minimum Gasteiger partial charge on any atom is -0.481 e. The van der Waals surface area contributed by atoms with E-state index >= 15 is 0 Å². The van der Waals surface area contributed by atoms with Gasteiger partial charge in [-0.05, 0) is 19.8 Å². The molecule has 0 saturated carbocycles. The molecule has 1 fully saturated rings. The van der Waals surface area contributed by atoms with E-state index in [9.17, 15) is 13.2 Å². The summed E-state index contributed by atoms with van der Waals surface area (Å²) in [4.78, 5) is 14.9. The minimum atomic E-state index is -3.68. The van der Waals surface area contributed by atoms with Crippen LogP contribution in [0.25, 0.3) is 0 Å². The number of aryl methyl sites for hydroxylation is 1. The van der Waals surface area contributed by atoms with E-state index in [1.54, 1.807) is 6.92 Å². The zero-order chi connectivity index (χ0) is 15.5. The Balaban J connectivity index is 1.87. The van der Waals surface area contributed by atoms with Crippen molar-refractivity contribution in [3.8, 4) is 0 Å². The van der Waals surface area contributed by atoms with Crippen LogP contribution in [0.15, 0.2) is 4.52 Å². The van der Waals surface area contributed by atoms with Crippen molar-refractivity contribution >= 4 is 16.2 Å². The van der Waals surface area contributed by atoms with Gasteiger partial charge in [0.2, 0.25) is 5.89 Å². The molecule has 9 nitrogen and oxygen atoms in total. The van der Waals surface area contributed by atoms with Gasteiger partial charge < -0.3 is 9.63 Å². The summed E-state index contributed by atoms with van der Waals surface area (Å²) in [6.45, 7) is 2.14. The maximum Gasteiger partial charge on any atom is 0.307 e. The second kappa shape index (κ2) is 6.50. The first-order chi connectivity index (χ1) is 9.88. The average molecular weight is 318 g/mol. The third-order valence-corrected chi connectivity index (χ3v) is 4.85. The molecule has 1 saturated heterocycles. The topological polar surface area (TPSA) is 126 Å². The van der Waals surface area contributed by atoms with Crippen molar-refractivity contribution in [1.29, 1.82) is 0 Å². The number of nitrogens with one attached hydrogen (secondary N) is 1. The van der Waals surface area contributed by atoms with Crippen molar-refractivity contribution in [1.82, 2.24) is 19.2 Å². The van der Waals surface area contributed by atoms with Crippen molar-refractivity contribution < 1.29 is 22.8 Å². The van der Waals surface area contributed by atoms with Crippen LogP contribution in [0, 0.1) is 12.8 Å². The van der Waals surface area contributed by atoms with Gasteiger partial charge in [-0.3, -0.25) is 4.79 Å². The number of hydrogen-bond donors (Lipinski definition) is 2. The fourth-order valence-corrected chi connectivity index (χ4v) is 3.47. The van der Waals surface area contributed by atoms with Crippen LogP contribution in [-0.2, 0) is 21.4 Å². The number of carbonyl (C=O) groups is 1. The van der Waals surface area contributed by atoms with E-state index in [1.807, 2.05) is 0 Å². The highest BCUT2D eigenvalue weighted by Gasteiger charge is 2.31. The monoisotopic (exact) mass is 318 g/mol. The van der Waals surface area contributed by atoms with Crippen LogP contribution in [0.5, 0.6) is 0 Å². The van der Waals surface area contributed by atoms with Crippen LogP contribution in [0.4, 0.5) is 0 Å². The van der Waals surface area contributed by atoms with Gasteiger partial charge in [0.15, 0.2) is 5.82 Å². The minimum absolute atomic E-state index is 0.00430. The first kappa shape index (κ1) is 15.9. The summed E-state index contributed by atoms with van der Waals surface area (Å²) >= 11 is 0. The maximum absolute atomic E-state index is 12.1. The summed E-state index contributed by atoms with van der Waals surface area (Å²) in [5.41, 5.74) is 0. The van der Waals surface area contributed by atoms with Crippen LogP contribution >= 0.6 is 0 Å². The molecular formula is C11H18N4O5S. The molecule has 1 aromatic heterocycles. The predicted octanol–water partition coefficient (Wildman–Crippen LogP) is -0.448. The number of aliphatic carboxylic acids is 1. The quantitative estimate of drug-likeness (QED) is 0.727. The van der Waals surface area contributed by atoms with Gasteiger partial charge in [-0.15, -0.1) is 0 Å². The Hall–Kier alpha value is -1.52. The van der Waals surface area contributed by atoms with Crippen LogP contribution in [-0.4, -0.2) is 53.6 Å². The molecule has 0 aliphatic carbocycles. The molecule has 0 aromatic carbocycles. The van der Waals surface area contributed by atoms with Crippen LogP contribution in [0.2, 0.25) is 0 Å². The Labute approximate surface area is 122 Å². The maximum atomic E-state index is 12.1. The molecule has 1 aliphatic heterocycles. The summed E-state index contributed by atoms with van der Waals surface area (Å²) in [6.07, 6.45) is 1.33. The predicted molar refractivity (Wildman–Crippen MR) is 71.6 cm³/mol. The highest BCUT2D eigenvalue weighted by atomic mass is 32.2. The van der Waals surface area contributed by atoms with Gasteiger partial charge in [0.05, 0.1) is 5.92 Å². The van der Waals surface area contributed by atoms with Gasteiger partial charge >= 0.3 is 5.97 Å². The number of aromatic nitrogens is 2. The summed E-state index contributed by atoms with van der Waals surface area (Å²) in [7, 11) is -3.68. The van der Waals surface area contributed by atoms with Crippen molar-refractivity contribution in [2.45, 2.75) is 26.2 Å². The molecule has 0 amide bonds. The molecule has 1 unspecified atom stereocenters. The molecule has 10 heteroatoms. The SMILES string of the molecule is Cc1noc(CCNS(=O)(=O)N2CCCC(C(=O)O)C2)n1. The lowest BCUT2D eigenvalue weighted by Crippen LogP contribution is -2.47. The molecule has 21 heavy (non-hydrogen) atoms. The van der Waals surface area contributed by atoms with Crippen LogP contribution < -0.4 is 4.72 Å². The zero-order valence-corrected chi connectivity index (χ0v) is 12.5. The normalized spacial score (nSPS) is 20.5. The van der Waals surface area contributed by atoms with Crippen LogP contribution in [0.3, 0.4) is 0 Å². The Kier molecular flexibility index (Phi) is 4.91. The number of hydrogen-bond acceptors (Lipinski definition) is 6. The second-order valence-electron chi connectivity index (χ2n) is 4.92. The lowest BCUT2D eigenvalue weighted by molar-refractivity contribution is -0.142. The van der Waals surface area contributed by atoms with E-state index in [-0.39, 0.29) is 19.5 Å². The largest absolute Gasteiger partial charge is 0.481 e. The lowest BCUT2D eigenvalue weighted by Gasteiger charge is -2.29. The zero-order valence-electron chi connectivity index (χ0n) is 11.7. The molecule has 0 bridgehead atoms. The third-order valence-electron chi connectivity index (χ3n) is 3.27. The Bertz CT molecular complexity index is 600. The number of carboxylic acid groups (broad SMARTS) is 1. The van der Waals surface area contributed by atoms with E-state index in [1.165, 1.54) is 4.31 Å².